The Bertz CT molecular complexity index is 1450. The maximum atomic E-state index is 13.3. The van der Waals surface area contributed by atoms with Crippen molar-refractivity contribution in [3.63, 3.8) is 0 Å². The van der Waals surface area contributed by atoms with Gasteiger partial charge in [-0.3, -0.25) is 10.1 Å². The quantitative estimate of drug-likeness (QED) is 0.282. The summed E-state index contributed by atoms with van der Waals surface area (Å²) in [6.07, 6.45) is 1.74. The third kappa shape index (κ3) is 6.29. The summed E-state index contributed by atoms with van der Waals surface area (Å²) in [6, 6.07) is 9.56. The maximum Gasteiger partial charge on any atom is 0.280 e. The van der Waals surface area contributed by atoms with Gasteiger partial charge in [0.25, 0.3) is 5.91 Å². The van der Waals surface area contributed by atoms with Crippen LogP contribution >= 0.6 is 11.3 Å². The SMILES string of the molecule is CC(C)(N)COc1ccc2nc(NC(=O)/C(=N/O[C@@H]3CCOC3)c3ccc(S(=O)(=O)C4CC4)cc3)sc2n1. The maximum absolute atomic E-state index is 13.3. The molecule has 13 heteroatoms. The van der Waals surface area contributed by atoms with Gasteiger partial charge >= 0.3 is 0 Å². The van der Waals surface area contributed by atoms with Crippen LogP contribution in [0.15, 0.2) is 46.4 Å². The van der Waals surface area contributed by atoms with Crippen molar-refractivity contribution in [2.24, 2.45) is 10.9 Å². The number of carbonyl (C=O) groups is 1. The molecule has 1 saturated carbocycles. The molecule has 11 nitrogen and oxygen atoms in total. The van der Waals surface area contributed by atoms with Gasteiger partial charge in [-0.2, -0.15) is 0 Å². The van der Waals surface area contributed by atoms with Crippen molar-refractivity contribution in [2.75, 3.05) is 25.1 Å². The molecule has 0 spiro atoms. The molecule has 2 aromatic heterocycles. The Morgan fingerprint density at radius 1 is 1.18 bits per heavy atom. The zero-order chi connectivity index (χ0) is 26.9. The van der Waals surface area contributed by atoms with Crippen molar-refractivity contribution in [1.82, 2.24) is 9.97 Å². The first-order valence-electron chi connectivity index (χ1n) is 12.2. The van der Waals surface area contributed by atoms with E-state index in [-0.39, 0.29) is 22.0 Å². The summed E-state index contributed by atoms with van der Waals surface area (Å²) >= 11 is 1.18. The number of benzene rings is 1. The Labute approximate surface area is 224 Å². The first-order chi connectivity index (χ1) is 18.1. The minimum atomic E-state index is -3.35. The van der Waals surface area contributed by atoms with Crippen LogP contribution in [0.3, 0.4) is 0 Å². The lowest BCUT2D eigenvalue weighted by atomic mass is 10.1. The highest BCUT2D eigenvalue weighted by Gasteiger charge is 2.36. The average molecular weight is 560 g/mol. The number of amides is 1. The molecule has 3 aromatic rings. The highest BCUT2D eigenvalue weighted by Crippen LogP contribution is 2.33. The normalized spacial score (nSPS) is 18.5. The highest BCUT2D eigenvalue weighted by atomic mass is 32.2. The van der Waals surface area contributed by atoms with Gasteiger partial charge < -0.3 is 20.0 Å². The zero-order valence-electron chi connectivity index (χ0n) is 21.0. The second-order valence-electron chi connectivity index (χ2n) is 10.0. The van der Waals surface area contributed by atoms with E-state index in [1.54, 1.807) is 24.3 Å². The van der Waals surface area contributed by atoms with Crippen LogP contribution in [-0.2, 0) is 24.2 Å². The van der Waals surface area contributed by atoms with Gasteiger partial charge in [0.15, 0.2) is 26.8 Å². The third-order valence-electron chi connectivity index (χ3n) is 5.86. The molecule has 1 atom stereocenters. The number of hydrogen-bond acceptors (Lipinski definition) is 11. The zero-order valence-corrected chi connectivity index (χ0v) is 22.7. The molecule has 1 aromatic carbocycles. The lowest BCUT2D eigenvalue weighted by Crippen LogP contribution is -2.38. The van der Waals surface area contributed by atoms with Crippen LogP contribution in [0.5, 0.6) is 5.88 Å². The van der Waals surface area contributed by atoms with Crippen LogP contribution < -0.4 is 15.8 Å². The molecule has 5 rings (SSSR count). The van der Waals surface area contributed by atoms with E-state index in [9.17, 15) is 13.2 Å². The van der Waals surface area contributed by atoms with Gasteiger partial charge in [0, 0.05) is 23.6 Å². The molecule has 1 amide bonds. The average Bonchev–Trinajstić information content (AvgIpc) is 3.48. The molecule has 3 heterocycles. The van der Waals surface area contributed by atoms with Crippen molar-refractivity contribution in [3.8, 4) is 5.88 Å². The number of anilines is 1. The number of pyridine rings is 1. The molecule has 0 bridgehead atoms. The lowest BCUT2D eigenvalue weighted by molar-refractivity contribution is -0.110. The van der Waals surface area contributed by atoms with E-state index in [2.05, 4.69) is 20.4 Å². The predicted molar refractivity (Wildman–Crippen MR) is 143 cm³/mol. The van der Waals surface area contributed by atoms with E-state index >= 15 is 0 Å². The number of sulfone groups is 1. The molecule has 1 saturated heterocycles. The van der Waals surface area contributed by atoms with E-state index < -0.39 is 21.3 Å². The number of nitrogens with one attached hydrogen (secondary N) is 1. The van der Waals surface area contributed by atoms with E-state index in [1.165, 1.54) is 23.5 Å². The van der Waals surface area contributed by atoms with Gasteiger partial charge in [-0.25, -0.2) is 18.4 Å². The number of fused-ring (bicyclic) bond motifs is 1. The van der Waals surface area contributed by atoms with Crippen LogP contribution in [0, 0.1) is 0 Å². The van der Waals surface area contributed by atoms with Gasteiger partial charge in [-0.1, -0.05) is 28.6 Å². The summed E-state index contributed by atoms with van der Waals surface area (Å²) in [5, 5.41) is 6.89. The van der Waals surface area contributed by atoms with Crippen LogP contribution in [0.1, 0.15) is 38.7 Å². The summed E-state index contributed by atoms with van der Waals surface area (Å²) in [6.45, 7) is 4.94. The highest BCUT2D eigenvalue weighted by molar-refractivity contribution is 7.92. The Hall–Kier alpha value is -3.13. The second kappa shape index (κ2) is 10.6. The van der Waals surface area contributed by atoms with Crippen LogP contribution in [0.25, 0.3) is 10.3 Å². The van der Waals surface area contributed by atoms with E-state index in [1.807, 2.05) is 13.8 Å². The van der Waals surface area contributed by atoms with Gasteiger partial charge in [-0.15, -0.1) is 0 Å². The monoisotopic (exact) mass is 559 g/mol. The largest absolute Gasteiger partial charge is 0.476 e. The fourth-order valence-corrected chi connectivity index (χ4v) is 6.15. The number of oxime groups is 1. The van der Waals surface area contributed by atoms with Crippen LogP contribution in [0.4, 0.5) is 5.13 Å². The van der Waals surface area contributed by atoms with Gasteiger partial charge in [0.05, 0.1) is 23.4 Å². The number of rotatable bonds is 10. The second-order valence-corrected chi connectivity index (χ2v) is 13.2. The lowest BCUT2D eigenvalue weighted by Gasteiger charge is -2.18. The van der Waals surface area contributed by atoms with Crippen molar-refractivity contribution >= 4 is 48.3 Å². The number of hydrogen-bond donors (Lipinski definition) is 2. The minimum absolute atomic E-state index is 0.00585. The van der Waals surface area contributed by atoms with E-state index in [0.717, 1.165) is 0 Å². The molecule has 0 radical (unpaired) electrons. The summed E-state index contributed by atoms with van der Waals surface area (Å²) in [5.41, 5.74) is 6.47. The topological polar surface area (TPSA) is 155 Å². The molecule has 1 aliphatic heterocycles. The summed E-state index contributed by atoms with van der Waals surface area (Å²) in [5.74, 6) is -0.143. The number of nitrogens with zero attached hydrogens (tertiary/aromatic N) is 3. The summed E-state index contributed by atoms with van der Waals surface area (Å²) in [4.78, 5) is 28.6. The molecule has 1 aliphatic carbocycles. The third-order valence-corrected chi connectivity index (χ3v) is 9.02. The summed E-state index contributed by atoms with van der Waals surface area (Å²) in [7, 11) is -3.35. The molecule has 2 fully saturated rings. The molecular weight excluding hydrogens is 530 g/mol. The predicted octanol–water partition coefficient (Wildman–Crippen LogP) is 2.89. The van der Waals surface area contributed by atoms with Crippen LogP contribution in [0.2, 0.25) is 0 Å². The standard InChI is InChI=1S/C25H29N5O6S2/c1-25(2,26)14-35-20-10-9-19-23(28-20)37-24(27-19)29-22(31)21(30-36-16-11-12-34-13-16)15-3-5-17(6-4-15)38(32,33)18-7-8-18/h3-6,9-10,16,18H,7-8,11-14,26H2,1-2H3,(H,27,29,31)/b30-21+/t16-/m1/s1. The van der Waals surface area contributed by atoms with E-state index in [4.69, 9.17) is 20.0 Å². The molecule has 3 N–H and O–H groups in total. The van der Waals surface area contributed by atoms with E-state index in [0.29, 0.717) is 66.0 Å². The Morgan fingerprint density at radius 3 is 2.61 bits per heavy atom. The smallest absolute Gasteiger partial charge is 0.280 e. The number of nitrogens with two attached hydrogens (primary N) is 1. The van der Waals surface area contributed by atoms with Crippen LogP contribution in [-0.4, -0.2) is 66.7 Å². The molecule has 0 unspecified atom stereocenters. The summed E-state index contributed by atoms with van der Waals surface area (Å²) < 4.78 is 36.1. The first kappa shape index (κ1) is 26.5. The number of ether oxygens (including phenoxy) is 2. The fourth-order valence-electron chi connectivity index (χ4n) is 3.67. The molecule has 38 heavy (non-hydrogen) atoms. The Balaban J connectivity index is 1.36. The van der Waals surface area contributed by atoms with Gasteiger partial charge in [0.2, 0.25) is 5.88 Å². The van der Waals surface area contributed by atoms with Crippen molar-refractivity contribution in [1.29, 1.82) is 0 Å². The Morgan fingerprint density at radius 2 is 1.95 bits per heavy atom. The molecule has 202 valence electrons. The molecule has 2 aliphatic rings. The van der Waals surface area contributed by atoms with Crippen molar-refractivity contribution in [2.45, 2.75) is 54.9 Å². The first-order valence-corrected chi connectivity index (χ1v) is 14.6. The van der Waals surface area contributed by atoms with Gasteiger partial charge in [-0.05, 0) is 44.9 Å². The fraction of sp³-hybridized carbons (Fsp3) is 0.440. The minimum Gasteiger partial charge on any atom is -0.476 e. The number of carbonyl (C=O) groups excluding carboxylic acids is 1. The molecular formula is C25H29N5O6S2. The van der Waals surface area contributed by atoms with Crippen molar-refractivity contribution < 1.29 is 27.5 Å². The number of thiazole rings is 1. The Kier molecular flexibility index (Phi) is 7.36. The number of aromatic nitrogens is 2. The van der Waals surface area contributed by atoms with Gasteiger partial charge in [0.1, 0.15) is 17.0 Å². The van der Waals surface area contributed by atoms with Crippen molar-refractivity contribution in [3.05, 3.63) is 42.0 Å².